The molecule has 0 bridgehead atoms. The third kappa shape index (κ3) is 5.61. The number of para-hydroxylation sites is 1. The van der Waals surface area contributed by atoms with E-state index >= 15 is 0 Å². The Balaban J connectivity index is 1.99. The minimum absolute atomic E-state index is 0.0310. The molecule has 0 aliphatic heterocycles. The quantitative estimate of drug-likeness (QED) is 0.796. The molecule has 0 spiro atoms. The highest BCUT2D eigenvalue weighted by Gasteiger charge is 2.18. The smallest absolute Gasteiger partial charge is 0.255 e. The Bertz CT molecular complexity index is 671. The van der Waals surface area contributed by atoms with Crippen LogP contribution in [0.5, 0.6) is 5.75 Å². The second-order valence-electron chi connectivity index (χ2n) is 6.58. The lowest BCUT2D eigenvalue weighted by molar-refractivity contribution is 0.0918. The third-order valence-corrected chi connectivity index (χ3v) is 4.20. The van der Waals surface area contributed by atoms with Gasteiger partial charge in [0, 0.05) is 25.2 Å². The maximum Gasteiger partial charge on any atom is 0.255 e. The normalized spacial score (nSPS) is 12.2. The maximum atomic E-state index is 12.5. The summed E-state index contributed by atoms with van der Waals surface area (Å²) in [5.41, 5.74) is 1.84. The van der Waals surface area contributed by atoms with Crippen LogP contribution in [0.25, 0.3) is 0 Å². The van der Waals surface area contributed by atoms with E-state index in [4.69, 9.17) is 4.74 Å². The van der Waals surface area contributed by atoms with Crippen LogP contribution in [0.2, 0.25) is 0 Å². The molecule has 4 nitrogen and oxygen atoms in total. The highest BCUT2D eigenvalue weighted by molar-refractivity contribution is 5.97. The molecule has 0 heterocycles. The average Bonchev–Trinajstić information content (AvgIpc) is 2.61. The Labute approximate surface area is 150 Å². The number of nitrogens with zero attached hydrogens (tertiary/aromatic N) is 1. The van der Waals surface area contributed by atoms with Crippen LogP contribution in [0.1, 0.15) is 36.7 Å². The molecule has 1 amide bonds. The van der Waals surface area contributed by atoms with E-state index in [2.05, 4.69) is 48.3 Å². The Morgan fingerprint density at radius 1 is 1.04 bits per heavy atom. The first-order valence-electron chi connectivity index (χ1n) is 8.73. The summed E-state index contributed by atoms with van der Waals surface area (Å²) in [5.74, 6) is 0.491. The molecule has 0 radical (unpaired) electrons. The number of carbonyl (C=O) groups excluding carboxylic acids is 1. The molecule has 134 valence electrons. The number of ether oxygens (including phenoxy) is 1. The Morgan fingerprint density at radius 2 is 1.68 bits per heavy atom. The van der Waals surface area contributed by atoms with Gasteiger partial charge in [0.2, 0.25) is 0 Å². The number of rotatable bonds is 8. The van der Waals surface area contributed by atoms with Gasteiger partial charge in [-0.2, -0.15) is 0 Å². The summed E-state index contributed by atoms with van der Waals surface area (Å²) in [6.45, 7) is 8.05. The summed E-state index contributed by atoms with van der Waals surface area (Å²) < 4.78 is 5.28. The topological polar surface area (TPSA) is 41.6 Å². The monoisotopic (exact) mass is 340 g/mol. The molecule has 2 aromatic carbocycles. The molecular formula is C21H28N2O2. The van der Waals surface area contributed by atoms with Crippen LogP contribution < -0.4 is 10.1 Å². The summed E-state index contributed by atoms with van der Waals surface area (Å²) in [6.07, 6.45) is 0. The van der Waals surface area contributed by atoms with Crippen LogP contribution >= 0.6 is 0 Å². The second kappa shape index (κ2) is 9.23. The van der Waals surface area contributed by atoms with Gasteiger partial charge < -0.3 is 10.1 Å². The zero-order chi connectivity index (χ0) is 18.2. The number of hydrogen-bond acceptors (Lipinski definition) is 3. The Morgan fingerprint density at radius 3 is 2.32 bits per heavy atom. The standard InChI is InChI=1S/C21H28N2O2/c1-16(2)23(15-18-10-6-5-7-11-18)14-17(3)22-21(24)19-12-8-9-13-20(19)25-4/h5-13,16-17H,14-15H2,1-4H3,(H,22,24). The Hall–Kier alpha value is -2.33. The lowest BCUT2D eigenvalue weighted by Crippen LogP contribution is -2.44. The third-order valence-electron chi connectivity index (χ3n) is 4.20. The number of methoxy groups -OCH3 is 1. The maximum absolute atomic E-state index is 12.5. The van der Waals surface area contributed by atoms with Crippen LogP contribution in [-0.2, 0) is 6.54 Å². The number of amides is 1. The van der Waals surface area contributed by atoms with Crippen molar-refractivity contribution in [3.8, 4) is 5.75 Å². The first-order chi connectivity index (χ1) is 12.0. The SMILES string of the molecule is COc1ccccc1C(=O)NC(C)CN(Cc1ccccc1)C(C)C. The van der Waals surface area contributed by atoms with Crippen LogP contribution in [0.4, 0.5) is 0 Å². The molecule has 2 aromatic rings. The summed E-state index contributed by atoms with van der Waals surface area (Å²) in [4.78, 5) is 14.9. The van der Waals surface area contributed by atoms with Crippen molar-refractivity contribution in [3.05, 3.63) is 65.7 Å². The van der Waals surface area contributed by atoms with Gasteiger partial charge in [-0.25, -0.2) is 0 Å². The molecule has 4 heteroatoms. The number of hydrogen-bond donors (Lipinski definition) is 1. The molecule has 1 unspecified atom stereocenters. The van der Waals surface area contributed by atoms with Crippen LogP contribution in [0.3, 0.4) is 0 Å². The summed E-state index contributed by atoms with van der Waals surface area (Å²) in [6, 6.07) is 18.1. The largest absolute Gasteiger partial charge is 0.496 e. The molecule has 0 aromatic heterocycles. The minimum atomic E-state index is -0.103. The predicted octanol–water partition coefficient (Wildman–Crippen LogP) is 3.72. The van der Waals surface area contributed by atoms with E-state index in [9.17, 15) is 4.79 Å². The van der Waals surface area contributed by atoms with E-state index < -0.39 is 0 Å². The fourth-order valence-corrected chi connectivity index (χ4v) is 2.81. The minimum Gasteiger partial charge on any atom is -0.496 e. The van der Waals surface area contributed by atoms with Gasteiger partial charge >= 0.3 is 0 Å². The van der Waals surface area contributed by atoms with Gasteiger partial charge in [0.05, 0.1) is 12.7 Å². The molecule has 0 saturated carbocycles. The molecule has 0 aliphatic carbocycles. The van der Waals surface area contributed by atoms with E-state index in [1.54, 1.807) is 19.2 Å². The number of benzene rings is 2. The van der Waals surface area contributed by atoms with Gasteiger partial charge in [-0.05, 0) is 38.5 Å². The summed E-state index contributed by atoms with van der Waals surface area (Å²) in [7, 11) is 1.58. The average molecular weight is 340 g/mol. The second-order valence-corrected chi connectivity index (χ2v) is 6.58. The first-order valence-corrected chi connectivity index (χ1v) is 8.73. The lowest BCUT2D eigenvalue weighted by Gasteiger charge is -2.30. The summed E-state index contributed by atoms with van der Waals surface area (Å²) in [5, 5.41) is 3.08. The van der Waals surface area contributed by atoms with Gasteiger partial charge in [-0.15, -0.1) is 0 Å². The zero-order valence-corrected chi connectivity index (χ0v) is 15.5. The van der Waals surface area contributed by atoms with E-state index in [1.807, 2.05) is 25.1 Å². The molecule has 0 fully saturated rings. The fraction of sp³-hybridized carbons (Fsp3) is 0.381. The molecule has 1 N–H and O–H groups in total. The first kappa shape index (κ1) is 19.0. The fourth-order valence-electron chi connectivity index (χ4n) is 2.81. The van der Waals surface area contributed by atoms with Crippen LogP contribution in [-0.4, -0.2) is 36.5 Å². The molecule has 2 rings (SSSR count). The van der Waals surface area contributed by atoms with Crippen molar-refractivity contribution in [2.75, 3.05) is 13.7 Å². The van der Waals surface area contributed by atoms with E-state index in [1.165, 1.54) is 5.56 Å². The highest BCUT2D eigenvalue weighted by Crippen LogP contribution is 2.17. The van der Waals surface area contributed by atoms with E-state index in [0.717, 1.165) is 13.1 Å². The van der Waals surface area contributed by atoms with Crippen molar-refractivity contribution >= 4 is 5.91 Å². The summed E-state index contributed by atoms with van der Waals surface area (Å²) >= 11 is 0. The van der Waals surface area contributed by atoms with Crippen molar-refractivity contribution in [3.63, 3.8) is 0 Å². The molecule has 25 heavy (non-hydrogen) atoms. The zero-order valence-electron chi connectivity index (χ0n) is 15.5. The van der Waals surface area contributed by atoms with Gasteiger partial charge in [0.25, 0.3) is 5.91 Å². The molecule has 0 aliphatic rings. The molecule has 0 saturated heterocycles. The van der Waals surface area contributed by atoms with Crippen molar-refractivity contribution in [2.24, 2.45) is 0 Å². The number of carbonyl (C=O) groups is 1. The van der Waals surface area contributed by atoms with Crippen molar-refractivity contribution in [1.29, 1.82) is 0 Å². The van der Waals surface area contributed by atoms with Gasteiger partial charge in [0.1, 0.15) is 5.75 Å². The predicted molar refractivity (Wildman–Crippen MR) is 102 cm³/mol. The van der Waals surface area contributed by atoms with Gasteiger partial charge in [-0.1, -0.05) is 42.5 Å². The highest BCUT2D eigenvalue weighted by atomic mass is 16.5. The molecule has 1 atom stereocenters. The van der Waals surface area contributed by atoms with Crippen LogP contribution in [0.15, 0.2) is 54.6 Å². The van der Waals surface area contributed by atoms with E-state index in [0.29, 0.717) is 17.4 Å². The molecular weight excluding hydrogens is 312 g/mol. The Kier molecular flexibility index (Phi) is 7.02. The van der Waals surface area contributed by atoms with Gasteiger partial charge in [-0.3, -0.25) is 9.69 Å². The van der Waals surface area contributed by atoms with Crippen molar-refractivity contribution in [1.82, 2.24) is 10.2 Å². The van der Waals surface area contributed by atoms with Crippen molar-refractivity contribution in [2.45, 2.75) is 39.4 Å². The van der Waals surface area contributed by atoms with Crippen LogP contribution in [0, 0.1) is 0 Å². The lowest BCUT2D eigenvalue weighted by atomic mass is 10.1. The number of nitrogens with one attached hydrogen (secondary N) is 1. The van der Waals surface area contributed by atoms with E-state index in [-0.39, 0.29) is 11.9 Å². The van der Waals surface area contributed by atoms with Crippen molar-refractivity contribution < 1.29 is 9.53 Å². The van der Waals surface area contributed by atoms with Gasteiger partial charge in [0.15, 0.2) is 0 Å².